The van der Waals surface area contributed by atoms with Gasteiger partial charge in [-0.25, -0.2) is 0 Å². The largest absolute Gasteiger partial charge is 1.00 e. The van der Waals surface area contributed by atoms with Crippen molar-refractivity contribution in [3.8, 4) is 0 Å². The number of hydrogen-bond acceptors (Lipinski definition) is 0. The smallest absolute Gasteiger partial charge is 1.00 e. The average Bonchev–Trinajstić information content (AvgIpc) is 1.86. The van der Waals surface area contributed by atoms with E-state index in [1.807, 2.05) is 0 Å². The maximum atomic E-state index is 2.33. The summed E-state index contributed by atoms with van der Waals surface area (Å²) >= 11 is 1.58. The first-order chi connectivity index (χ1) is 5.02. The van der Waals surface area contributed by atoms with E-state index in [1.54, 1.807) is 27.9 Å². The van der Waals surface area contributed by atoms with E-state index in [4.69, 9.17) is 0 Å². The summed E-state index contributed by atoms with van der Waals surface area (Å²) in [6.45, 7) is 7.77. The summed E-state index contributed by atoms with van der Waals surface area (Å²) in [7, 11) is 0. The minimum atomic E-state index is 0. The Morgan fingerprint density at radius 2 is 1.85 bits per heavy atom. The Balaban J connectivity index is 0. The third-order valence-corrected chi connectivity index (χ3v) is 3.47. The molecular formula is C9H14BCl2Zr. The summed E-state index contributed by atoms with van der Waals surface area (Å²) in [5, 5.41) is 0.444. The summed E-state index contributed by atoms with van der Waals surface area (Å²) in [4.78, 5) is 0. The van der Waals surface area contributed by atoms with E-state index < -0.39 is 0 Å². The van der Waals surface area contributed by atoms with Crippen molar-refractivity contribution < 1.29 is 49.5 Å². The van der Waals surface area contributed by atoms with Crippen LogP contribution < -0.4 is 24.8 Å². The van der Waals surface area contributed by atoms with Gasteiger partial charge >= 0.3 is 85.2 Å². The van der Waals surface area contributed by atoms with E-state index in [-0.39, 0.29) is 24.8 Å². The van der Waals surface area contributed by atoms with E-state index in [2.05, 4.69) is 39.0 Å². The molecule has 0 spiro atoms. The molecule has 1 aliphatic heterocycles. The van der Waals surface area contributed by atoms with Crippen LogP contribution in [0.2, 0.25) is 11.6 Å². The summed E-state index contributed by atoms with van der Waals surface area (Å²) in [5.41, 5.74) is 0. The first-order valence-electron chi connectivity index (χ1n) is 4.10. The third-order valence-electron chi connectivity index (χ3n) is 2.20. The van der Waals surface area contributed by atoms with Crippen LogP contribution >= 0.6 is 0 Å². The van der Waals surface area contributed by atoms with Crippen LogP contribution in [0.1, 0.15) is 20.8 Å². The Hall–Kier alpha value is 1.01. The second-order valence-corrected chi connectivity index (χ2v) is 5.62. The van der Waals surface area contributed by atoms with E-state index in [1.165, 1.54) is 6.32 Å². The zero-order chi connectivity index (χ0) is 8.48. The van der Waals surface area contributed by atoms with Crippen LogP contribution in [-0.2, 0) is 24.7 Å². The fourth-order valence-electron chi connectivity index (χ4n) is 1.45. The van der Waals surface area contributed by atoms with Gasteiger partial charge in [0.05, 0.1) is 0 Å². The van der Waals surface area contributed by atoms with E-state index in [9.17, 15) is 0 Å². The Morgan fingerprint density at radius 1 is 1.31 bits per heavy atom. The van der Waals surface area contributed by atoms with Crippen molar-refractivity contribution >= 4 is 6.71 Å². The quantitative estimate of drug-likeness (QED) is 0.414. The first-order valence-corrected chi connectivity index (χ1v) is 5.33. The van der Waals surface area contributed by atoms with Crippen LogP contribution in [0.25, 0.3) is 0 Å². The summed E-state index contributed by atoms with van der Waals surface area (Å²) < 4.78 is 1.62. The van der Waals surface area contributed by atoms with Gasteiger partial charge in [-0.2, -0.15) is 0 Å². The monoisotopic (exact) mass is 293 g/mol. The maximum Gasteiger partial charge on any atom is -1.00 e. The molecule has 0 saturated carbocycles. The number of allylic oxidation sites excluding steroid dienone is 3. The van der Waals surface area contributed by atoms with Crippen LogP contribution in [0.15, 0.2) is 21.4 Å². The summed E-state index contributed by atoms with van der Waals surface area (Å²) in [5.74, 6) is 0. The topological polar surface area (TPSA) is 0 Å². The van der Waals surface area contributed by atoms with Gasteiger partial charge in [0.25, 0.3) is 0 Å². The zero-order valence-electron chi connectivity index (χ0n) is 8.27. The van der Waals surface area contributed by atoms with Crippen molar-refractivity contribution in [3.05, 3.63) is 21.4 Å². The van der Waals surface area contributed by atoms with Crippen molar-refractivity contribution in [1.29, 1.82) is 0 Å². The van der Waals surface area contributed by atoms with Crippen LogP contribution in [0.3, 0.4) is 0 Å². The molecule has 0 radical (unpaired) electrons. The Kier molecular flexibility index (Phi) is 8.20. The molecule has 0 fully saturated rings. The first kappa shape index (κ1) is 16.4. The maximum absolute atomic E-state index is 2.33. The molecule has 0 N–H and O–H groups in total. The van der Waals surface area contributed by atoms with Gasteiger partial charge in [0.1, 0.15) is 0 Å². The molecular weight excluding hydrogens is 281 g/mol. The molecule has 0 aliphatic carbocycles. The van der Waals surface area contributed by atoms with Gasteiger partial charge in [-0.3, -0.25) is 0 Å². The second-order valence-electron chi connectivity index (χ2n) is 4.20. The number of hydrogen-bond donors (Lipinski definition) is 0. The summed E-state index contributed by atoms with van der Waals surface area (Å²) in [6.07, 6.45) is 7.98. The van der Waals surface area contributed by atoms with Crippen molar-refractivity contribution in [3.63, 3.8) is 0 Å². The van der Waals surface area contributed by atoms with Crippen LogP contribution in [0.5, 0.6) is 0 Å². The summed E-state index contributed by atoms with van der Waals surface area (Å²) in [6, 6.07) is 0. The molecule has 0 aromatic carbocycles. The predicted octanol–water partition coefficient (Wildman–Crippen LogP) is -3.17. The van der Waals surface area contributed by atoms with E-state index in [0.29, 0.717) is 5.31 Å². The van der Waals surface area contributed by atoms with Crippen molar-refractivity contribution in [2.45, 2.75) is 32.4 Å². The molecule has 0 atom stereocenters. The normalized spacial score (nSPS) is 15.8. The average molecular weight is 295 g/mol. The van der Waals surface area contributed by atoms with Crippen molar-refractivity contribution in [2.24, 2.45) is 0 Å². The second kappa shape index (κ2) is 6.48. The van der Waals surface area contributed by atoms with Gasteiger partial charge in [-0.05, 0) is 0 Å². The molecule has 0 amide bonds. The standard InChI is InChI=1S/C9H14B.2ClH.Zr/c1-9(2,3)10-7-5-4-6-8-10;;;/h4-6H,7H2,1-3H3;2*1H;/q;;;+2/p-2. The molecule has 4 heteroatoms. The van der Waals surface area contributed by atoms with Gasteiger partial charge in [-0.15, -0.1) is 0 Å². The van der Waals surface area contributed by atoms with Gasteiger partial charge in [0.2, 0.25) is 0 Å². The van der Waals surface area contributed by atoms with Crippen LogP contribution in [0.4, 0.5) is 0 Å². The van der Waals surface area contributed by atoms with Gasteiger partial charge in [-0.1, -0.05) is 0 Å². The fourth-order valence-corrected chi connectivity index (χ4v) is 3.04. The van der Waals surface area contributed by atoms with E-state index >= 15 is 0 Å². The molecule has 0 saturated heterocycles. The van der Waals surface area contributed by atoms with Crippen molar-refractivity contribution in [1.82, 2.24) is 0 Å². The molecule has 71 valence electrons. The molecule has 13 heavy (non-hydrogen) atoms. The molecule has 0 unspecified atom stereocenters. The number of halogens is 2. The molecule has 1 rings (SSSR count). The fraction of sp³-hybridized carbons (Fsp3) is 0.556. The third kappa shape index (κ3) is 4.86. The Bertz CT molecular complexity index is 206. The van der Waals surface area contributed by atoms with Crippen LogP contribution in [-0.4, -0.2) is 6.71 Å². The Morgan fingerprint density at radius 3 is 2.15 bits per heavy atom. The van der Waals surface area contributed by atoms with Crippen LogP contribution in [0, 0.1) is 0 Å². The predicted molar refractivity (Wildman–Crippen MR) is 47.5 cm³/mol. The molecule has 0 aromatic rings. The Labute approximate surface area is 109 Å². The molecule has 0 aromatic heterocycles. The zero-order valence-corrected chi connectivity index (χ0v) is 12.2. The SMILES string of the molecule is CC(C)(C)B1CC=CC=[C]1[Zr+2].[Cl-].[Cl-]. The minimum Gasteiger partial charge on any atom is -1.00 e. The molecule has 1 aliphatic rings. The van der Waals surface area contributed by atoms with Gasteiger partial charge in [0.15, 0.2) is 0 Å². The molecule has 0 bridgehead atoms. The number of rotatable bonds is 0. The van der Waals surface area contributed by atoms with Gasteiger partial charge in [0, 0.05) is 0 Å². The van der Waals surface area contributed by atoms with E-state index in [0.717, 1.165) is 6.71 Å². The minimum absolute atomic E-state index is 0. The molecule has 0 nitrogen and oxygen atoms in total. The van der Waals surface area contributed by atoms with Crippen molar-refractivity contribution in [2.75, 3.05) is 0 Å². The molecule has 1 heterocycles. The van der Waals surface area contributed by atoms with Gasteiger partial charge < -0.3 is 24.8 Å².